The topological polar surface area (TPSA) is 46.2 Å². The first-order valence-corrected chi connectivity index (χ1v) is 8.43. The van der Waals surface area contributed by atoms with Gasteiger partial charge in [0.05, 0.1) is 4.90 Å². The largest absolute Gasteiger partial charge is 0.241 e. The van der Waals surface area contributed by atoms with Crippen LogP contribution in [-0.4, -0.2) is 19.3 Å². The summed E-state index contributed by atoms with van der Waals surface area (Å²) in [4.78, 5) is 0.550. The summed E-state index contributed by atoms with van der Waals surface area (Å²) in [7, 11) is -3.45. The van der Waals surface area contributed by atoms with E-state index < -0.39 is 10.0 Å². The minimum atomic E-state index is -3.45. The van der Waals surface area contributed by atoms with E-state index in [0.29, 0.717) is 4.47 Å². The van der Waals surface area contributed by atoms with E-state index in [4.69, 9.17) is 0 Å². The van der Waals surface area contributed by atoms with Gasteiger partial charge in [0, 0.05) is 15.3 Å². The second-order valence-corrected chi connectivity index (χ2v) is 8.07. The van der Waals surface area contributed by atoms with Gasteiger partial charge in [-0.2, -0.15) is 0 Å². The lowest BCUT2D eigenvalue weighted by Crippen LogP contribution is -2.34. The van der Waals surface area contributed by atoms with Crippen LogP contribution in [0.1, 0.15) is 20.3 Å². The SMILES string of the molecule is CC(Br)CC(C)NS(=O)(=O)c1ccccc1Br. The minimum Gasteiger partial charge on any atom is -0.208 e. The molecule has 96 valence electrons. The molecule has 0 aliphatic rings. The molecule has 0 aliphatic heterocycles. The molecule has 0 amide bonds. The fraction of sp³-hybridized carbons (Fsp3) is 0.455. The van der Waals surface area contributed by atoms with Crippen molar-refractivity contribution in [2.75, 3.05) is 0 Å². The molecule has 0 fully saturated rings. The summed E-state index contributed by atoms with van der Waals surface area (Å²) in [6, 6.07) is 6.68. The Kier molecular flexibility index (Phi) is 5.63. The van der Waals surface area contributed by atoms with Crippen LogP contribution in [0.3, 0.4) is 0 Å². The zero-order chi connectivity index (χ0) is 13.1. The average molecular weight is 385 g/mol. The van der Waals surface area contributed by atoms with Crippen LogP contribution in [0.5, 0.6) is 0 Å². The Morgan fingerprint density at radius 2 is 1.88 bits per heavy atom. The van der Waals surface area contributed by atoms with Crippen LogP contribution >= 0.6 is 31.9 Å². The molecule has 3 nitrogen and oxygen atoms in total. The second kappa shape index (κ2) is 6.31. The van der Waals surface area contributed by atoms with E-state index in [9.17, 15) is 8.42 Å². The van der Waals surface area contributed by atoms with Gasteiger partial charge in [0.25, 0.3) is 0 Å². The summed E-state index contributed by atoms with van der Waals surface area (Å²) < 4.78 is 27.4. The summed E-state index contributed by atoms with van der Waals surface area (Å²) in [5, 5.41) is 0. The maximum absolute atomic E-state index is 12.1. The number of nitrogens with one attached hydrogen (secondary N) is 1. The van der Waals surface area contributed by atoms with Crippen molar-refractivity contribution in [3.05, 3.63) is 28.7 Å². The quantitative estimate of drug-likeness (QED) is 0.791. The molecule has 6 heteroatoms. The number of halogens is 2. The summed E-state index contributed by atoms with van der Waals surface area (Å²) in [6.45, 7) is 3.84. The van der Waals surface area contributed by atoms with Gasteiger partial charge in [0.2, 0.25) is 10.0 Å². The van der Waals surface area contributed by atoms with E-state index in [1.807, 2.05) is 13.8 Å². The van der Waals surface area contributed by atoms with Gasteiger partial charge in [0.15, 0.2) is 0 Å². The summed E-state index contributed by atoms with van der Waals surface area (Å²) in [5.74, 6) is 0. The molecular formula is C11H15Br2NO2S. The maximum atomic E-state index is 12.1. The lowest BCUT2D eigenvalue weighted by molar-refractivity contribution is 0.547. The summed E-state index contributed by atoms with van der Waals surface area (Å²) in [6.07, 6.45) is 0.740. The zero-order valence-corrected chi connectivity index (χ0v) is 13.6. The van der Waals surface area contributed by atoms with Gasteiger partial charge in [-0.05, 0) is 41.4 Å². The monoisotopic (exact) mass is 383 g/mol. The van der Waals surface area contributed by atoms with Gasteiger partial charge < -0.3 is 0 Å². The predicted molar refractivity (Wildman–Crippen MR) is 76.9 cm³/mol. The molecule has 0 heterocycles. The van der Waals surface area contributed by atoms with Crippen LogP contribution < -0.4 is 4.72 Å². The molecular weight excluding hydrogens is 370 g/mol. The standard InChI is InChI=1S/C11H15Br2NO2S/c1-8(12)7-9(2)14-17(15,16)11-6-4-3-5-10(11)13/h3-6,8-9,14H,7H2,1-2H3. The molecule has 0 aliphatic carbocycles. The Balaban J connectivity index is 2.86. The average Bonchev–Trinajstić information content (AvgIpc) is 2.15. The molecule has 0 spiro atoms. The highest BCUT2D eigenvalue weighted by molar-refractivity contribution is 9.10. The molecule has 0 saturated carbocycles. The van der Waals surface area contributed by atoms with Crippen molar-refractivity contribution in [1.29, 1.82) is 0 Å². The van der Waals surface area contributed by atoms with E-state index in [1.165, 1.54) is 0 Å². The predicted octanol–water partition coefficient (Wildman–Crippen LogP) is 3.29. The Labute approximate surface area is 119 Å². The fourth-order valence-electron chi connectivity index (χ4n) is 1.53. The molecule has 0 radical (unpaired) electrons. The molecule has 0 bridgehead atoms. The highest BCUT2D eigenvalue weighted by Gasteiger charge is 2.20. The normalized spacial score (nSPS) is 15.5. The number of rotatable bonds is 5. The van der Waals surface area contributed by atoms with E-state index in [0.717, 1.165) is 6.42 Å². The first kappa shape index (κ1) is 15.1. The molecule has 1 aromatic carbocycles. The third-order valence-electron chi connectivity index (χ3n) is 2.16. The van der Waals surface area contributed by atoms with Gasteiger partial charge in [-0.1, -0.05) is 35.0 Å². The van der Waals surface area contributed by atoms with Crippen molar-refractivity contribution >= 4 is 41.9 Å². The second-order valence-electron chi connectivity index (χ2n) is 3.97. The Morgan fingerprint density at radius 3 is 2.41 bits per heavy atom. The number of hydrogen-bond acceptors (Lipinski definition) is 2. The van der Waals surface area contributed by atoms with Crippen molar-refractivity contribution in [3.63, 3.8) is 0 Å². The van der Waals surface area contributed by atoms with Crippen molar-refractivity contribution in [2.45, 2.75) is 36.0 Å². The maximum Gasteiger partial charge on any atom is 0.241 e. The van der Waals surface area contributed by atoms with E-state index in [-0.39, 0.29) is 15.8 Å². The number of sulfonamides is 1. The van der Waals surface area contributed by atoms with Crippen molar-refractivity contribution < 1.29 is 8.42 Å². The van der Waals surface area contributed by atoms with E-state index >= 15 is 0 Å². The van der Waals surface area contributed by atoms with Crippen LogP contribution in [0, 0.1) is 0 Å². The third kappa shape index (κ3) is 4.69. The van der Waals surface area contributed by atoms with E-state index in [1.54, 1.807) is 24.3 Å². The Bertz CT molecular complexity index is 474. The van der Waals surface area contributed by atoms with Gasteiger partial charge in [-0.25, -0.2) is 13.1 Å². The molecule has 2 atom stereocenters. The first-order valence-electron chi connectivity index (χ1n) is 5.24. The number of benzene rings is 1. The van der Waals surface area contributed by atoms with Crippen molar-refractivity contribution in [1.82, 2.24) is 4.72 Å². The lowest BCUT2D eigenvalue weighted by atomic mass is 10.2. The van der Waals surface area contributed by atoms with Gasteiger partial charge in [-0.3, -0.25) is 0 Å². The Morgan fingerprint density at radius 1 is 1.29 bits per heavy atom. The van der Waals surface area contributed by atoms with Crippen LogP contribution in [0.25, 0.3) is 0 Å². The molecule has 0 saturated heterocycles. The van der Waals surface area contributed by atoms with Crippen LogP contribution in [0.4, 0.5) is 0 Å². The zero-order valence-electron chi connectivity index (χ0n) is 9.65. The number of alkyl halides is 1. The van der Waals surface area contributed by atoms with Crippen molar-refractivity contribution in [2.24, 2.45) is 0 Å². The molecule has 0 aromatic heterocycles. The van der Waals surface area contributed by atoms with E-state index in [2.05, 4.69) is 36.6 Å². The fourth-order valence-corrected chi connectivity index (χ4v) is 4.35. The third-order valence-corrected chi connectivity index (χ3v) is 5.14. The van der Waals surface area contributed by atoms with Gasteiger partial charge >= 0.3 is 0 Å². The summed E-state index contributed by atoms with van der Waals surface area (Å²) in [5.41, 5.74) is 0. The van der Waals surface area contributed by atoms with Crippen LogP contribution in [-0.2, 0) is 10.0 Å². The molecule has 1 N–H and O–H groups in total. The van der Waals surface area contributed by atoms with Crippen LogP contribution in [0.2, 0.25) is 0 Å². The molecule has 1 rings (SSSR count). The van der Waals surface area contributed by atoms with Gasteiger partial charge in [-0.15, -0.1) is 0 Å². The van der Waals surface area contributed by atoms with Crippen molar-refractivity contribution in [3.8, 4) is 0 Å². The Hall–Kier alpha value is 0.0900. The molecule has 1 aromatic rings. The smallest absolute Gasteiger partial charge is 0.208 e. The highest BCUT2D eigenvalue weighted by Crippen LogP contribution is 2.21. The highest BCUT2D eigenvalue weighted by atomic mass is 79.9. The van der Waals surface area contributed by atoms with Crippen LogP contribution in [0.15, 0.2) is 33.6 Å². The minimum absolute atomic E-state index is 0.110. The lowest BCUT2D eigenvalue weighted by Gasteiger charge is -2.16. The molecule has 17 heavy (non-hydrogen) atoms. The number of hydrogen-bond donors (Lipinski definition) is 1. The first-order chi connectivity index (χ1) is 7.83. The molecule has 2 unspecified atom stereocenters. The summed E-state index contributed by atoms with van der Waals surface area (Å²) >= 11 is 6.65. The van der Waals surface area contributed by atoms with Gasteiger partial charge in [0.1, 0.15) is 0 Å².